The second-order valence-corrected chi connectivity index (χ2v) is 4.46. The minimum atomic E-state index is -1.15. The summed E-state index contributed by atoms with van der Waals surface area (Å²) in [7, 11) is 0. The van der Waals surface area contributed by atoms with E-state index >= 15 is 0 Å². The zero-order valence-corrected chi connectivity index (χ0v) is 10.7. The highest BCUT2D eigenvalue weighted by Gasteiger charge is 2.41. The molecule has 5 heteroatoms. The van der Waals surface area contributed by atoms with Crippen molar-refractivity contribution in [3.63, 3.8) is 0 Å². The molecule has 100 valence electrons. The lowest BCUT2D eigenvalue weighted by Gasteiger charge is -2.23. The summed E-state index contributed by atoms with van der Waals surface area (Å²) >= 11 is 0. The van der Waals surface area contributed by atoms with Crippen LogP contribution in [0.2, 0.25) is 0 Å². The molecule has 0 atom stereocenters. The van der Waals surface area contributed by atoms with Gasteiger partial charge >= 0.3 is 5.97 Å². The minimum Gasteiger partial charge on any atom is -0.465 e. The average molecular weight is 254 g/mol. The van der Waals surface area contributed by atoms with Crippen LogP contribution in [-0.2, 0) is 23.9 Å². The van der Waals surface area contributed by atoms with Crippen LogP contribution in [0.1, 0.15) is 39.5 Å². The molecule has 0 aromatic rings. The molecule has 0 amide bonds. The number of Topliss-reactive ketones (excluding diaryl/α,β-unsaturated/α-hetero) is 3. The standard InChI is InChI=1S/C13H18O5/c1-3-5-18-13(17)8-6-10(15)12(9(14)4-2)11(16)7-8/h8,12H,3-7H2,1-2H3. The quantitative estimate of drug-likeness (QED) is 0.542. The van der Waals surface area contributed by atoms with Crippen LogP contribution in [0.4, 0.5) is 0 Å². The maximum atomic E-state index is 11.7. The van der Waals surface area contributed by atoms with Crippen LogP contribution in [0.3, 0.4) is 0 Å². The summed E-state index contributed by atoms with van der Waals surface area (Å²) in [5, 5.41) is 0. The molecule has 0 aliphatic heterocycles. The van der Waals surface area contributed by atoms with E-state index in [1.807, 2.05) is 6.92 Å². The minimum absolute atomic E-state index is 0.0648. The average Bonchev–Trinajstić information content (AvgIpc) is 2.34. The highest BCUT2D eigenvalue weighted by molar-refractivity contribution is 6.21. The van der Waals surface area contributed by atoms with Crippen LogP contribution in [0.15, 0.2) is 0 Å². The number of rotatable bonds is 5. The van der Waals surface area contributed by atoms with E-state index in [9.17, 15) is 19.2 Å². The molecule has 0 aromatic carbocycles. The first-order chi connectivity index (χ1) is 8.51. The topological polar surface area (TPSA) is 77.5 Å². The molecule has 18 heavy (non-hydrogen) atoms. The Morgan fingerprint density at radius 3 is 2.17 bits per heavy atom. The fourth-order valence-electron chi connectivity index (χ4n) is 2.02. The van der Waals surface area contributed by atoms with E-state index < -0.39 is 29.4 Å². The van der Waals surface area contributed by atoms with E-state index in [2.05, 4.69) is 0 Å². The first kappa shape index (κ1) is 14.5. The van der Waals surface area contributed by atoms with Crippen molar-refractivity contribution in [1.29, 1.82) is 0 Å². The lowest BCUT2D eigenvalue weighted by Crippen LogP contribution is -2.41. The summed E-state index contributed by atoms with van der Waals surface area (Å²) in [6, 6.07) is 0. The zero-order chi connectivity index (χ0) is 13.7. The maximum absolute atomic E-state index is 11.7. The molecule has 0 saturated heterocycles. The molecule has 0 heterocycles. The van der Waals surface area contributed by atoms with E-state index in [1.165, 1.54) is 0 Å². The van der Waals surface area contributed by atoms with E-state index in [0.29, 0.717) is 6.42 Å². The summed E-state index contributed by atoms with van der Waals surface area (Å²) < 4.78 is 4.92. The van der Waals surface area contributed by atoms with E-state index in [4.69, 9.17) is 4.74 Å². The van der Waals surface area contributed by atoms with Crippen molar-refractivity contribution in [2.75, 3.05) is 6.61 Å². The lowest BCUT2D eigenvalue weighted by molar-refractivity contribution is -0.156. The van der Waals surface area contributed by atoms with Crippen LogP contribution in [0.25, 0.3) is 0 Å². The van der Waals surface area contributed by atoms with Gasteiger partial charge in [-0.1, -0.05) is 13.8 Å². The van der Waals surface area contributed by atoms with Gasteiger partial charge in [0, 0.05) is 19.3 Å². The van der Waals surface area contributed by atoms with Crippen molar-refractivity contribution in [2.24, 2.45) is 11.8 Å². The van der Waals surface area contributed by atoms with Crippen molar-refractivity contribution >= 4 is 23.3 Å². The van der Waals surface area contributed by atoms with Gasteiger partial charge in [-0.2, -0.15) is 0 Å². The molecular formula is C13H18O5. The van der Waals surface area contributed by atoms with Crippen LogP contribution < -0.4 is 0 Å². The Balaban J connectivity index is 2.67. The molecule has 0 aromatic heterocycles. The number of carbonyl (C=O) groups is 4. The van der Waals surface area contributed by atoms with Gasteiger partial charge < -0.3 is 4.74 Å². The third-order valence-electron chi connectivity index (χ3n) is 2.99. The smallest absolute Gasteiger partial charge is 0.309 e. The predicted molar refractivity (Wildman–Crippen MR) is 62.8 cm³/mol. The van der Waals surface area contributed by atoms with Gasteiger partial charge in [0.05, 0.1) is 12.5 Å². The molecule has 0 N–H and O–H groups in total. The fourth-order valence-corrected chi connectivity index (χ4v) is 2.02. The Bertz CT molecular complexity index is 354. The monoisotopic (exact) mass is 254 g/mol. The Morgan fingerprint density at radius 1 is 1.17 bits per heavy atom. The molecule has 0 radical (unpaired) electrons. The molecule has 0 bridgehead atoms. The molecular weight excluding hydrogens is 236 g/mol. The molecule has 1 aliphatic rings. The predicted octanol–water partition coefficient (Wildman–Crippen LogP) is 1.08. The van der Waals surface area contributed by atoms with Crippen molar-refractivity contribution in [3.8, 4) is 0 Å². The SMILES string of the molecule is CCCOC(=O)C1CC(=O)C(C(=O)CC)C(=O)C1. The molecule has 1 rings (SSSR count). The van der Waals surface area contributed by atoms with Crippen LogP contribution in [0, 0.1) is 11.8 Å². The number of carbonyl (C=O) groups excluding carboxylic acids is 4. The van der Waals surface area contributed by atoms with Gasteiger partial charge in [-0.15, -0.1) is 0 Å². The summed E-state index contributed by atoms with van der Waals surface area (Å²) in [6.07, 6.45) is 0.722. The fraction of sp³-hybridized carbons (Fsp3) is 0.692. The number of ketones is 3. The largest absolute Gasteiger partial charge is 0.465 e. The van der Waals surface area contributed by atoms with Crippen LogP contribution >= 0.6 is 0 Å². The van der Waals surface area contributed by atoms with Crippen molar-refractivity contribution in [3.05, 3.63) is 0 Å². The van der Waals surface area contributed by atoms with E-state index in [-0.39, 0.29) is 31.7 Å². The van der Waals surface area contributed by atoms with Gasteiger partial charge in [-0.05, 0) is 6.42 Å². The molecule has 1 aliphatic carbocycles. The molecule has 1 saturated carbocycles. The summed E-state index contributed by atoms with van der Waals surface area (Å²) in [6.45, 7) is 3.76. The highest BCUT2D eigenvalue weighted by Crippen LogP contribution is 2.25. The van der Waals surface area contributed by atoms with Gasteiger partial charge in [0.25, 0.3) is 0 Å². The van der Waals surface area contributed by atoms with Crippen LogP contribution in [-0.4, -0.2) is 29.9 Å². The Hall–Kier alpha value is -1.52. The third-order valence-corrected chi connectivity index (χ3v) is 2.99. The van der Waals surface area contributed by atoms with Gasteiger partial charge in [0.2, 0.25) is 0 Å². The van der Waals surface area contributed by atoms with Gasteiger partial charge in [-0.3, -0.25) is 19.2 Å². The van der Waals surface area contributed by atoms with Crippen molar-refractivity contribution < 1.29 is 23.9 Å². The number of hydrogen-bond donors (Lipinski definition) is 0. The second-order valence-electron chi connectivity index (χ2n) is 4.46. The van der Waals surface area contributed by atoms with E-state index in [0.717, 1.165) is 0 Å². The molecule has 0 unspecified atom stereocenters. The summed E-state index contributed by atoms with van der Waals surface area (Å²) in [5.41, 5.74) is 0. The molecule has 5 nitrogen and oxygen atoms in total. The Morgan fingerprint density at radius 2 is 1.72 bits per heavy atom. The Labute approximate surface area is 106 Å². The summed E-state index contributed by atoms with van der Waals surface area (Å²) in [5.74, 6) is -3.62. The number of ether oxygens (including phenoxy) is 1. The number of hydrogen-bond acceptors (Lipinski definition) is 5. The Kier molecular flexibility index (Phi) is 5.19. The maximum Gasteiger partial charge on any atom is 0.309 e. The van der Waals surface area contributed by atoms with Crippen molar-refractivity contribution in [2.45, 2.75) is 39.5 Å². The van der Waals surface area contributed by atoms with Gasteiger partial charge in [0.1, 0.15) is 5.92 Å². The van der Waals surface area contributed by atoms with E-state index in [1.54, 1.807) is 6.92 Å². The third kappa shape index (κ3) is 3.24. The first-order valence-corrected chi connectivity index (χ1v) is 6.26. The van der Waals surface area contributed by atoms with Gasteiger partial charge in [0.15, 0.2) is 17.3 Å². The number of esters is 1. The lowest BCUT2D eigenvalue weighted by atomic mass is 9.77. The normalized spacial score (nSPS) is 23.9. The second kappa shape index (κ2) is 6.42. The van der Waals surface area contributed by atoms with Crippen molar-refractivity contribution in [1.82, 2.24) is 0 Å². The summed E-state index contributed by atoms with van der Waals surface area (Å²) in [4.78, 5) is 46.5. The highest BCUT2D eigenvalue weighted by atomic mass is 16.5. The van der Waals surface area contributed by atoms with Crippen LogP contribution in [0.5, 0.6) is 0 Å². The molecule has 1 fully saturated rings. The first-order valence-electron chi connectivity index (χ1n) is 6.26. The molecule has 0 spiro atoms. The zero-order valence-electron chi connectivity index (χ0n) is 10.7. The van der Waals surface area contributed by atoms with Gasteiger partial charge in [-0.25, -0.2) is 0 Å².